The lowest BCUT2D eigenvalue weighted by molar-refractivity contribution is 0.568. The number of terminal acetylenes is 3. The molecule has 0 bridgehead atoms. The molecule has 0 unspecified atom stereocenters. The maximum absolute atomic E-state index is 5.85. The summed E-state index contributed by atoms with van der Waals surface area (Å²) in [5, 5.41) is 6.70. The van der Waals surface area contributed by atoms with Crippen LogP contribution in [0.15, 0.2) is 72.8 Å². The fraction of sp³-hybridized carbons (Fsp3) is 0.333. The van der Waals surface area contributed by atoms with Crippen LogP contribution in [0.5, 0.6) is 0 Å². The number of nitrogens with one attached hydrogen (secondary N) is 2. The quantitative estimate of drug-likeness (QED) is 0.236. The number of aryl methyl sites for hydroxylation is 3. The molecule has 6 rings (SSSR count). The Bertz CT molecular complexity index is 1260. The SMILES string of the molecule is C#CCCl.C#CCN[C@@H]1CCc2ccccc21.C#CCN[C@@H]1CCc2ccccc21.Cl.N[C@@H]1CCc2ccccc21. The summed E-state index contributed by atoms with van der Waals surface area (Å²) in [6.07, 6.45) is 22.1. The number of alkyl halides is 1. The molecular weight excluding hydrogens is 545 g/mol. The lowest BCUT2D eigenvalue weighted by Crippen LogP contribution is -2.19. The van der Waals surface area contributed by atoms with Gasteiger partial charge in [0.05, 0.1) is 19.0 Å². The highest BCUT2D eigenvalue weighted by molar-refractivity contribution is 6.19. The van der Waals surface area contributed by atoms with Gasteiger partial charge in [-0.25, -0.2) is 0 Å². The molecule has 3 aliphatic rings. The summed E-state index contributed by atoms with van der Waals surface area (Å²) < 4.78 is 0. The molecule has 214 valence electrons. The Kier molecular flexibility index (Phi) is 15.8. The van der Waals surface area contributed by atoms with Crippen LogP contribution < -0.4 is 16.4 Å². The van der Waals surface area contributed by atoms with Crippen molar-refractivity contribution in [3.8, 4) is 37.0 Å². The molecule has 0 radical (unpaired) electrons. The maximum Gasteiger partial charge on any atom is 0.0832 e. The second-order valence-electron chi connectivity index (χ2n) is 9.93. The first-order valence-corrected chi connectivity index (χ1v) is 14.5. The van der Waals surface area contributed by atoms with Crippen molar-refractivity contribution in [1.82, 2.24) is 10.6 Å². The third-order valence-corrected chi connectivity index (χ3v) is 7.58. The molecule has 0 heterocycles. The molecule has 3 nitrogen and oxygen atoms in total. The Morgan fingerprint density at radius 1 is 0.634 bits per heavy atom. The zero-order valence-corrected chi connectivity index (χ0v) is 25.2. The number of rotatable bonds is 4. The minimum Gasteiger partial charge on any atom is -0.324 e. The number of hydrogen-bond donors (Lipinski definition) is 3. The van der Waals surface area contributed by atoms with E-state index in [2.05, 4.69) is 108 Å². The van der Waals surface area contributed by atoms with Gasteiger partial charge in [0.2, 0.25) is 0 Å². The average molecular weight is 587 g/mol. The topological polar surface area (TPSA) is 50.1 Å². The van der Waals surface area contributed by atoms with Crippen molar-refractivity contribution in [1.29, 1.82) is 0 Å². The second kappa shape index (κ2) is 19.0. The average Bonchev–Trinajstić information content (AvgIpc) is 3.73. The molecule has 3 atom stereocenters. The number of halogens is 2. The van der Waals surface area contributed by atoms with E-state index in [0.29, 0.717) is 37.1 Å². The molecule has 0 fully saturated rings. The summed E-state index contributed by atoms with van der Waals surface area (Å²) in [5.74, 6) is 7.74. The maximum atomic E-state index is 5.85. The number of hydrogen-bond acceptors (Lipinski definition) is 3. The predicted molar refractivity (Wildman–Crippen MR) is 177 cm³/mol. The van der Waals surface area contributed by atoms with Crippen molar-refractivity contribution < 1.29 is 0 Å². The Balaban J connectivity index is 0.000000201. The van der Waals surface area contributed by atoms with Gasteiger partial charge in [0.1, 0.15) is 0 Å². The van der Waals surface area contributed by atoms with Crippen LogP contribution in [-0.2, 0) is 19.3 Å². The van der Waals surface area contributed by atoms with Gasteiger partial charge in [0.25, 0.3) is 0 Å². The summed E-state index contributed by atoms with van der Waals surface area (Å²) in [4.78, 5) is 0. The van der Waals surface area contributed by atoms with Gasteiger partial charge in [-0.1, -0.05) is 90.6 Å². The fourth-order valence-corrected chi connectivity index (χ4v) is 5.49. The second-order valence-corrected chi connectivity index (χ2v) is 10.2. The third kappa shape index (κ3) is 10.3. The first-order valence-electron chi connectivity index (χ1n) is 13.9. The smallest absolute Gasteiger partial charge is 0.0832 e. The fourth-order valence-electron chi connectivity index (χ4n) is 5.49. The van der Waals surface area contributed by atoms with Crippen LogP contribution in [0.4, 0.5) is 0 Å². The summed E-state index contributed by atoms with van der Waals surface area (Å²) in [7, 11) is 0. The molecule has 0 spiro atoms. The van der Waals surface area contributed by atoms with Crippen LogP contribution in [0, 0.1) is 37.0 Å². The van der Waals surface area contributed by atoms with Gasteiger partial charge in [-0.05, 0) is 71.9 Å². The van der Waals surface area contributed by atoms with E-state index in [1.807, 2.05) is 0 Å². The highest BCUT2D eigenvalue weighted by Gasteiger charge is 2.21. The Morgan fingerprint density at radius 3 is 1.39 bits per heavy atom. The van der Waals surface area contributed by atoms with Gasteiger partial charge in [-0.15, -0.1) is 43.3 Å². The van der Waals surface area contributed by atoms with Crippen molar-refractivity contribution in [2.75, 3.05) is 19.0 Å². The third-order valence-electron chi connectivity index (χ3n) is 7.42. The lowest BCUT2D eigenvalue weighted by atomic mass is 10.1. The molecule has 5 heteroatoms. The van der Waals surface area contributed by atoms with Crippen molar-refractivity contribution in [3.05, 3.63) is 106 Å². The molecule has 3 aromatic carbocycles. The van der Waals surface area contributed by atoms with E-state index in [1.165, 1.54) is 59.1 Å². The molecule has 3 aromatic rings. The molecule has 4 N–H and O–H groups in total. The van der Waals surface area contributed by atoms with Crippen LogP contribution in [-0.4, -0.2) is 19.0 Å². The van der Waals surface area contributed by atoms with E-state index in [9.17, 15) is 0 Å². The van der Waals surface area contributed by atoms with Crippen molar-refractivity contribution in [2.24, 2.45) is 5.73 Å². The van der Waals surface area contributed by atoms with Crippen molar-refractivity contribution in [2.45, 2.75) is 56.7 Å². The normalized spacial score (nSPS) is 18.4. The highest BCUT2D eigenvalue weighted by Crippen LogP contribution is 2.31. The van der Waals surface area contributed by atoms with Crippen LogP contribution in [0.25, 0.3) is 0 Å². The van der Waals surface area contributed by atoms with Gasteiger partial charge in [0, 0.05) is 18.1 Å². The minimum absolute atomic E-state index is 0. The van der Waals surface area contributed by atoms with Gasteiger partial charge in [-0.3, -0.25) is 10.6 Å². The first-order chi connectivity index (χ1) is 19.6. The molecule has 41 heavy (non-hydrogen) atoms. The molecule has 0 amide bonds. The van der Waals surface area contributed by atoms with E-state index in [4.69, 9.17) is 30.2 Å². The molecule has 0 saturated carbocycles. The Morgan fingerprint density at radius 2 is 1.00 bits per heavy atom. The van der Waals surface area contributed by atoms with E-state index in [0.717, 1.165) is 12.8 Å². The van der Waals surface area contributed by atoms with Crippen molar-refractivity contribution >= 4 is 24.0 Å². The lowest BCUT2D eigenvalue weighted by Gasteiger charge is -2.10. The summed E-state index contributed by atoms with van der Waals surface area (Å²) >= 11 is 4.95. The van der Waals surface area contributed by atoms with E-state index < -0.39 is 0 Å². The highest BCUT2D eigenvalue weighted by atomic mass is 35.5. The van der Waals surface area contributed by atoms with Crippen LogP contribution in [0.2, 0.25) is 0 Å². The summed E-state index contributed by atoms with van der Waals surface area (Å²) in [6.45, 7) is 1.33. The number of nitrogens with two attached hydrogens (primary N) is 1. The van der Waals surface area contributed by atoms with Gasteiger partial charge >= 0.3 is 0 Å². The van der Waals surface area contributed by atoms with Crippen LogP contribution >= 0.6 is 24.0 Å². The monoisotopic (exact) mass is 585 g/mol. The zero-order chi connectivity index (χ0) is 28.6. The van der Waals surface area contributed by atoms with Crippen molar-refractivity contribution in [3.63, 3.8) is 0 Å². The molecule has 0 aliphatic heterocycles. The van der Waals surface area contributed by atoms with Gasteiger partial charge < -0.3 is 5.73 Å². The summed E-state index contributed by atoms with van der Waals surface area (Å²) in [5.41, 5.74) is 14.4. The Labute approximate surface area is 258 Å². The zero-order valence-electron chi connectivity index (χ0n) is 23.6. The number of benzene rings is 3. The van der Waals surface area contributed by atoms with E-state index in [1.54, 1.807) is 0 Å². The molecule has 3 aliphatic carbocycles. The standard InChI is InChI=1S/2C12H13N.C9H11N.C3H3Cl.ClH/c2*1-2-9-13-12-8-7-10-5-3-4-6-11(10)12;10-9-6-5-7-3-1-2-4-8(7)9;1-2-3-4;/h2*1,3-6,12-13H,7-9H2;1-4,9H,5-6,10H2;1H,3H2;1H/t2*12-;9-;;/m111../s1. The number of fused-ring (bicyclic) bond motifs is 3. The van der Waals surface area contributed by atoms with Crippen LogP contribution in [0.1, 0.15) is 70.8 Å². The van der Waals surface area contributed by atoms with E-state index >= 15 is 0 Å². The van der Waals surface area contributed by atoms with E-state index in [-0.39, 0.29) is 12.4 Å². The Hall–Kier alpha value is -3.20. The van der Waals surface area contributed by atoms with Crippen LogP contribution in [0.3, 0.4) is 0 Å². The largest absolute Gasteiger partial charge is 0.324 e. The summed E-state index contributed by atoms with van der Waals surface area (Å²) in [6, 6.07) is 26.9. The molecular formula is C36H41Cl2N3. The molecule has 0 saturated heterocycles. The van der Waals surface area contributed by atoms with Gasteiger partial charge in [0.15, 0.2) is 0 Å². The predicted octanol–water partition coefficient (Wildman–Crippen LogP) is 6.71. The first kappa shape index (κ1) is 34.0. The minimum atomic E-state index is 0. The van der Waals surface area contributed by atoms with Gasteiger partial charge in [-0.2, -0.15) is 0 Å². The molecule has 0 aromatic heterocycles.